The van der Waals surface area contributed by atoms with Crippen molar-refractivity contribution in [3.63, 3.8) is 0 Å². The highest BCUT2D eigenvalue weighted by atomic mass is 35.5. The second-order valence-electron chi connectivity index (χ2n) is 9.19. The average molecular weight is 504 g/mol. The third-order valence-corrected chi connectivity index (χ3v) is 6.68. The van der Waals surface area contributed by atoms with Gasteiger partial charge >= 0.3 is 0 Å². The Morgan fingerprint density at radius 2 is 2.11 bits per heavy atom. The molecule has 0 saturated carbocycles. The number of hydrogen-bond acceptors (Lipinski definition) is 6. The summed E-state index contributed by atoms with van der Waals surface area (Å²) in [7, 11) is 1.59. The van der Waals surface area contributed by atoms with Crippen LogP contribution in [0.4, 0.5) is 10.2 Å². The van der Waals surface area contributed by atoms with E-state index in [1.54, 1.807) is 24.4 Å². The predicted octanol–water partition coefficient (Wildman–Crippen LogP) is 4.60. The summed E-state index contributed by atoms with van der Waals surface area (Å²) in [5.41, 5.74) is 7.92. The molecule has 2 aromatic heterocycles. The number of rotatable bonds is 7. The lowest BCUT2D eigenvalue weighted by atomic mass is 9.95. The van der Waals surface area contributed by atoms with E-state index in [9.17, 15) is 4.79 Å². The fourth-order valence-electron chi connectivity index (χ4n) is 4.83. The highest BCUT2D eigenvalue weighted by Gasteiger charge is 2.36. The summed E-state index contributed by atoms with van der Waals surface area (Å²) in [6, 6.07) is 1.39. The SMILES string of the molecule is COCC1CCCN1C(=O)c1c(F)c(Cl)cc([C@H](C)c2nc(C)c3c(N)nccn23)c1OC(C)C. The lowest BCUT2D eigenvalue weighted by molar-refractivity contribution is 0.0620. The Morgan fingerprint density at radius 3 is 2.80 bits per heavy atom. The third-order valence-electron chi connectivity index (χ3n) is 6.40. The monoisotopic (exact) mass is 503 g/mol. The summed E-state index contributed by atoms with van der Waals surface area (Å²) >= 11 is 6.37. The van der Waals surface area contributed by atoms with E-state index in [0.29, 0.717) is 41.6 Å². The first kappa shape index (κ1) is 25.2. The van der Waals surface area contributed by atoms with Crippen LogP contribution < -0.4 is 10.5 Å². The molecule has 0 aliphatic carbocycles. The van der Waals surface area contributed by atoms with Gasteiger partial charge in [0.05, 0.1) is 29.5 Å². The molecule has 1 aliphatic heterocycles. The van der Waals surface area contributed by atoms with Crippen molar-refractivity contribution in [2.75, 3.05) is 26.0 Å². The van der Waals surface area contributed by atoms with Crippen molar-refractivity contribution in [3.05, 3.63) is 51.9 Å². The van der Waals surface area contributed by atoms with E-state index >= 15 is 4.39 Å². The van der Waals surface area contributed by atoms with E-state index in [0.717, 1.165) is 12.8 Å². The molecule has 35 heavy (non-hydrogen) atoms. The number of nitrogens with zero attached hydrogens (tertiary/aromatic N) is 4. The Morgan fingerprint density at radius 1 is 1.37 bits per heavy atom. The normalized spacial score (nSPS) is 16.9. The molecule has 2 N–H and O–H groups in total. The van der Waals surface area contributed by atoms with Crippen molar-refractivity contribution in [1.29, 1.82) is 0 Å². The second-order valence-corrected chi connectivity index (χ2v) is 9.60. The number of carbonyl (C=O) groups excluding carboxylic acids is 1. The van der Waals surface area contributed by atoms with Gasteiger partial charge in [0.25, 0.3) is 5.91 Å². The van der Waals surface area contributed by atoms with Crippen LogP contribution >= 0.6 is 11.6 Å². The van der Waals surface area contributed by atoms with Gasteiger partial charge in [0.15, 0.2) is 5.82 Å². The number of likely N-dealkylation sites (tertiary alicyclic amines) is 1. The van der Waals surface area contributed by atoms with Crippen molar-refractivity contribution in [2.24, 2.45) is 0 Å². The molecule has 8 nitrogen and oxygen atoms in total. The topological polar surface area (TPSA) is 95.0 Å². The summed E-state index contributed by atoms with van der Waals surface area (Å²) < 4.78 is 28.8. The van der Waals surface area contributed by atoms with Crippen molar-refractivity contribution in [2.45, 2.75) is 58.6 Å². The number of imidazole rings is 1. The number of methoxy groups -OCH3 is 1. The molecule has 1 unspecified atom stereocenters. The molecular formula is C25H31ClFN5O3. The van der Waals surface area contributed by atoms with Crippen LogP contribution in [0.25, 0.3) is 5.52 Å². The van der Waals surface area contributed by atoms with E-state index in [1.807, 2.05) is 32.1 Å². The molecule has 3 aromatic rings. The number of ether oxygens (including phenoxy) is 2. The first-order valence-electron chi connectivity index (χ1n) is 11.7. The molecule has 1 fully saturated rings. The highest BCUT2D eigenvalue weighted by molar-refractivity contribution is 6.31. The first-order chi connectivity index (χ1) is 16.6. The molecule has 4 rings (SSSR count). The fraction of sp³-hybridized carbons (Fsp3) is 0.480. The van der Waals surface area contributed by atoms with Gasteiger partial charge in [-0.1, -0.05) is 18.5 Å². The Kier molecular flexibility index (Phi) is 7.19. The van der Waals surface area contributed by atoms with E-state index in [4.69, 9.17) is 31.8 Å². The average Bonchev–Trinajstić information content (AvgIpc) is 3.40. The maximum absolute atomic E-state index is 15.5. The number of carbonyl (C=O) groups is 1. The molecule has 1 amide bonds. The van der Waals surface area contributed by atoms with Crippen molar-refractivity contribution >= 4 is 28.8 Å². The number of fused-ring (bicyclic) bond motifs is 1. The number of anilines is 1. The second kappa shape index (κ2) is 9.99. The standard InChI is InChI=1S/C25H31ClFN5O3/c1-13(2)35-22-17(14(3)24-30-15(4)21-23(28)29-8-10-32(21)24)11-18(26)20(27)19(22)25(33)31-9-6-7-16(31)12-34-5/h8,10-11,13-14,16H,6-7,9,12H2,1-5H3,(H2,28,29)/t14-,16?/m0/s1. The van der Waals surface area contributed by atoms with Crippen LogP contribution in [0.1, 0.15) is 67.0 Å². The van der Waals surface area contributed by atoms with E-state index in [1.165, 1.54) is 6.07 Å². The van der Waals surface area contributed by atoms with Gasteiger partial charge in [-0.15, -0.1) is 0 Å². The lowest BCUT2D eigenvalue weighted by Crippen LogP contribution is -2.39. The molecule has 3 heterocycles. The van der Waals surface area contributed by atoms with Gasteiger partial charge < -0.3 is 20.1 Å². The van der Waals surface area contributed by atoms with Crippen LogP contribution in [0.3, 0.4) is 0 Å². The van der Waals surface area contributed by atoms with Gasteiger partial charge in [-0.05, 0) is 39.7 Å². The van der Waals surface area contributed by atoms with Gasteiger partial charge in [-0.25, -0.2) is 14.4 Å². The number of aryl methyl sites for hydroxylation is 1. The zero-order valence-corrected chi connectivity index (χ0v) is 21.4. The summed E-state index contributed by atoms with van der Waals surface area (Å²) in [6.45, 7) is 8.33. The van der Waals surface area contributed by atoms with Crippen LogP contribution in [0, 0.1) is 12.7 Å². The largest absolute Gasteiger partial charge is 0.490 e. The molecule has 2 atom stereocenters. The number of nitrogens with two attached hydrogens (primary N) is 1. The van der Waals surface area contributed by atoms with E-state index < -0.39 is 17.6 Å². The Labute approximate surface area is 209 Å². The third kappa shape index (κ3) is 4.54. The molecule has 1 saturated heterocycles. The molecule has 0 bridgehead atoms. The minimum absolute atomic E-state index is 0.131. The summed E-state index contributed by atoms with van der Waals surface area (Å²) in [5.74, 6) is -0.445. The minimum atomic E-state index is -0.788. The Balaban J connectivity index is 1.89. The van der Waals surface area contributed by atoms with Crippen molar-refractivity contribution in [3.8, 4) is 5.75 Å². The van der Waals surface area contributed by atoms with Crippen LogP contribution in [-0.4, -0.2) is 57.6 Å². The number of nitrogen functional groups attached to an aromatic ring is 1. The number of hydrogen-bond donors (Lipinski definition) is 1. The first-order valence-corrected chi connectivity index (χ1v) is 12.1. The quantitative estimate of drug-likeness (QED) is 0.506. The van der Waals surface area contributed by atoms with Crippen LogP contribution in [0.5, 0.6) is 5.75 Å². The van der Waals surface area contributed by atoms with Gasteiger partial charge in [0, 0.05) is 37.5 Å². The summed E-state index contributed by atoms with van der Waals surface area (Å²) in [5, 5.41) is -0.146. The van der Waals surface area contributed by atoms with Gasteiger partial charge in [0.2, 0.25) is 0 Å². The van der Waals surface area contributed by atoms with E-state index in [-0.39, 0.29) is 28.5 Å². The van der Waals surface area contributed by atoms with Gasteiger partial charge in [0.1, 0.15) is 28.5 Å². The predicted molar refractivity (Wildman–Crippen MR) is 133 cm³/mol. The molecule has 10 heteroatoms. The lowest BCUT2D eigenvalue weighted by Gasteiger charge is -2.27. The van der Waals surface area contributed by atoms with Crippen LogP contribution in [-0.2, 0) is 4.74 Å². The molecule has 0 spiro atoms. The zero-order valence-electron chi connectivity index (χ0n) is 20.6. The molecular weight excluding hydrogens is 473 g/mol. The van der Waals surface area contributed by atoms with Gasteiger partial charge in [-0.2, -0.15) is 0 Å². The maximum atomic E-state index is 15.5. The molecule has 0 radical (unpaired) electrons. The van der Waals surface area contributed by atoms with Crippen LogP contribution in [0.15, 0.2) is 18.5 Å². The number of amides is 1. The summed E-state index contributed by atoms with van der Waals surface area (Å²) in [4.78, 5) is 24.3. The Bertz CT molecular complexity index is 1260. The maximum Gasteiger partial charge on any atom is 0.261 e. The zero-order chi connectivity index (χ0) is 25.4. The molecule has 1 aromatic carbocycles. The smallest absolute Gasteiger partial charge is 0.261 e. The fourth-order valence-corrected chi connectivity index (χ4v) is 5.04. The van der Waals surface area contributed by atoms with E-state index in [2.05, 4.69) is 4.98 Å². The number of halogens is 2. The molecule has 188 valence electrons. The molecule has 1 aliphatic rings. The van der Waals surface area contributed by atoms with Crippen molar-refractivity contribution in [1.82, 2.24) is 19.3 Å². The Hall–Kier alpha value is -2.91. The number of benzene rings is 1. The number of aromatic nitrogens is 3. The highest BCUT2D eigenvalue weighted by Crippen LogP contribution is 2.41. The van der Waals surface area contributed by atoms with Gasteiger partial charge in [-0.3, -0.25) is 9.20 Å². The van der Waals surface area contributed by atoms with Crippen LogP contribution in [0.2, 0.25) is 5.02 Å². The summed E-state index contributed by atoms with van der Waals surface area (Å²) in [6.07, 6.45) is 4.68. The van der Waals surface area contributed by atoms with Crippen molar-refractivity contribution < 1.29 is 18.7 Å². The minimum Gasteiger partial charge on any atom is -0.490 e.